The Morgan fingerprint density at radius 3 is 2.52 bits per heavy atom. The van der Waals surface area contributed by atoms with E-state index < -0.39 is 11.4 Å². The number of aromatic nitrogens is 3. The number of hydrogen-bond acceptors (Lipinski definition) is 5. The Labute approximate surface area is 196 Å². The number of para-hydroxylation sites is 1. The van der Waals surface area contributed by atoms with E-state index in [4.69, 9.17) is 16.6 Å². The summed E-state index contributed by atoms with van der Waals surface area (Å²) >= 11 is 6.39. The standard InChI is InChI=1S/C25H25ClFN5O/c1-3-31(4-2)16-19-9-7-8-18(29-19)15-28-25-30-22-13-12-17(27)14-20(22)24(33)32(25)23-11-6-5-10-21(23)26/h5-14H,3-4,15-16H2,1-2H3,(H,28,30). The number of pyridine rings is 1. The molecule has 33 heavy (non-hydrogen) atoms. The third-order valence-electron chi connectivity index (χ3n) is 5.50. The minimum absolute atomic E-state index is 0.180. The quantitative estimate of drug-likeness (QED) is 0.395. The lowest BCUT2D eigenvalue weighted by atomic mass is 10.2. The molecule has 0 aliphatic carbocycles. The summed E-state index contributed by atoms with van der Waals surface area (Å²) in [5, 5.41) is 3.80. The first kappa shape index (κ1) is 22.9. The van der Waals surface area contributed by atoms with Crippen LogP contribution in [0.3, 0.4) is 0 Å². The van der Waals surface area contributed by atoms with Gasteiger partial charge in [-0.15, -0.1) is 0 Å². The van der Waals surface area contributed by atoms with Crippen LogP contribution in [0, 0.1) is 5.82 Å². The van der Waals surface area contributed by atoms with Crippen LogP contribution in [0.4, 0.5) is 10.3 Å². The Bertz CT molecular complexity index is 1340. The number of nitrogens with one attached hydrogen (secondary N) is 1. The van der Waals surface area contributed by atoms with Crippen molar-refractivity contribution in [2.24, 2.45) is 0 Å². The normalized spacial score (nSPS) is 11.3. The van der Waals surface area contributed by atoms with E-state index in [1.807, 2.05) is 18.2 Å². The van der Waals surface area contributed by atoms with Gasteiger partial charge in [-0.3, -0.25) is 14.7 Å². The summed E-state index contributed by atoms with van der Waals surface area (Å²) in [6.45, 7) is 7.28. The van der Waals surface area contributed by atoms with E-state index in [2.05, 4.69) is 29.0 Å². The second-order valence-electron chi connectivity index (χ2n) is 7.62. The lowest BCUT2D eigenvalue weighted by Crippen LogP contribution is -2.24. The summed E-state index contributed by atoms with van der Waals surface area (Å²) in [6, 6.07) is 16.9. The molecule has 0 bridgehead atoms. The maximum Gasteiger partial charge on any atom is 0.267 e. The second-order valence-corrected chi connectivity index (χ2v) is 8.03. The molecule has 0 aliphatic heterocycles. The largest absolute Gasteiger partial charge is 0.350 e. The molecule has 8 heteroatoms. The lowest BCUT2D eigenvalue weighted by Gasteiger charge is -2.18. The molecule has 2 aromatic carbocycles. The molecule has 4 aromatic rings. The van der Waals surface area contributed by atoms with Crippen molar-refractivity contribution in [1.29, 1.82) is 0 Å². The number of rotatable bonds is 8. The van der Waals surface area contributed by atoms with Crippen molar-refractivity contribution in [3.63, 3.8) is 0 Å². The average Bonchev–Trinajstić information content (AvgIpc) is 2.83. The number of halogens is 2. The third kappa shape index (κ3) is 5.05. The first-order chi connectivity index (χ1) is 16.0. The Balaban J connectivity index is 1.72. The van der Waals surface area contributed by atoms with Gasteiger partial charge in [0.15, 0.2) is 0 Å². The minimum atomic E-state index is -0.498. The second kappa shape index (κ2) is 10.1. The fourth-order valence-electron chi connectivity index (χ4n) is 3.69. The van der Waals surface area contributed by atoms with E-state index in [0.29, 0.717) is 28.7 Å². The van der Waals surface area contributed by atoms with Crippen LogP contribution in [-0.2, 0) is 13.1 Å². The van der Waals surface area contributed by atoms with Gasteiger partial charge in [0.25, 0.3) is 5.56 Å². The predicted octanol–water partition coefficient (Wildman–Crippen LogP) is 5.03. The monoisotopic (exact) mass is 465 g/mol. The summed E-state index contributed by atoms with van der Waals surface area (Å²) in [4.78, 5) is 25.0. The molecule has 0 amide bonds. The van der Waals surface area contributed by atoms with Gasteiger partial charge in [0.05, 0.1) is 39.5 Å². The number of hydrogen-bond donors (Lipinski definition) is 1. The first-order valence-electron chi connectivity index (χ1n) is 10.9. The van der Waals surface area contributed by atoms with Gasteiger partial charge in [-0.2, -0.15) is 0 Å². The summed E-state index contributed by atoms with van der Waals surface area (Å²) in [7, 11) is 0. The Kier molecular flexibility index (Phi) is 7.01. The summed E-state index contributed by atoms with van der Waals surface area (Å²) in [5.41, 5.74) is 2.25. The first-order valence-corrected chi connectivity index (χ1v) is 11.3. The highest BCUT2D eigenvalue weighted by molar-refractivity contribution is 6.32. The molecule has 0 radical (unpaired) electrons. The molecular weight excluding hydrogens is 441 g/mol. The van der Waals surface area contributed by atoms with Crippen molar-refractivity contribution < 1.29 is 4.39 Å². The highest BCUT2D eigenvalue weighted by Gasteiger charge is 2.16. The Morgan fingerprint density at radius 2 is 1.76 bits per heavy atom. The number of benzene rings is 2. The van der Waals surface area contributed by atoms with Gasteiger partial charge in [-0.05, 0) is 55.6 Å². The van der Waals surface area contributed by atoms with Gasteiger partial charge in [-0.1, -0.05) is 43.6 Å². The van der Waals surface area contributed by atoms with Crippen molar-refractivity contribution >= 4 is 28.5 Å². The van der Waals surface area contributed by atoms with E-state index in [-0.39, 0.29) is 5.39 Å². The van der Waals surface area contributed by atoms with Crippen molar-refractivity contribution in [1.82, 2.24) is 19.4 Å². The van der Waals surface area contributed by atoms with E-state index in [9.17, 15) is 9.18 Å². The van der Waals surface area contributed by atoms with Crippen LogP contribution < -0.4 is 10.9 Å². The number of nitrogens with zero attached hydrogens (tertiary/aromatic N) is 4. The fraction of sp³-hybridized carbons (Fsp3) is 0.240. The van der Waals surface area contributed by atoms with Crippen molar-refractivity contribution in [3.8, 4) is 5.69 Å². The maximum absolute atomic E-state index is 13.9. The molecule has 0 atom stereocenters. The molecule has 4 rings (SSSR count). The molecule has 0 saturated carbocycles. The van der Waals surface area contributed by atoms with Gasteiger partial charge in [0.2, 0.25) is 5.95 Å². The average molecular weight is 466 g/mol. The SMILES string of the molecule is CCN(CC)Cc1cccc(CNc2nc3ccc(F)cc3c(=O)n2-c2ccccc2Cl)n1. The van der Waals surface area contributed by atoms with Crippen LogP contribution in [0.25, 0.3) is 16.6 Å². The maximum atomic E-state index is 13.9. The van der Waals surface area contributed by atoms with E-state index >= 15 is 0 Å². The zero-order valence-electron chi connectivity index (χ0n) is 18.6. The molecule has 0 unspecified atom stereocenters. The fourth-order valence-corrected chi connectivity index (χ4v) is 3.91. The van der Waals surface area contributed by atoms with Crippen LogP contribution >= 0.6 is 11.6 Å². The van der Waals surface area contributed by atoms with Crippen LogP contribution in [0.15, 0.2) is 65.5 Å². The number of fused-ring (bicyclic) bond motifs is 1. The number of anilines is 1. The van der Waals surface area contributed by atoms with Crippen molar-refractivity contribution in [2.45, 2.75) is 26.9 Å². The minimum Gasteiger partial charge on any atom is -0.350 e. The third-order valence-corrected chi connectivity index (χ3v) is 5.82. The lowest BCUT2D eigenvalue weighted by molar-refractivity contribution is 0.292. The Morgan fingerprint density at radius 1 is 1.00 bits per heavy atom. The van der Waals surface area contributed by atoms with Gasteiger partial charge in [-0.25, -0.2) is 13.9 Å². The van der Waals surface area contributed by atoms with Crippen molar-refractivity contribution in [2.75, 3.05) is 18.4 Å². The predicted molar refractivity (Wildman–Crippen MR) is 130 cm³/mol. The van der Waals surface area contributed by atoms with Crippen LogP contribution in [0.2, 0.25) is 5.02 Å². The smallest absolute Gasteiger partial charge is 0.267 e. The molecular formula is C25H25ClFN5O. The topological polar surface area (TPSA) is 63.1 Å². The van der Waals surface area contributed by atoms with Crippen LogP contribution in [0.5, 0.6) is 0 Å². The van der Waals surface area contributed by atoms with Gasteiger partial charge in [0.1, 0.15) is 5.82 Å². The highest BCUT2D eigenvalue weighted by atomic mass is 35.5. The zero-order valence-corrected chi connectivity index (χ0v) is 19.3. The van der Waals surface area contributed by atoms with Crippen LogP contribution in [0.1, 0.15) is 25.2 Å². The van der Waals surface area contributed by atoms with E-state index in [1.54, 1.807) is 24.3 Å². The molecule has 2 aromatic heterocycles. The van der Waals surface area contributed by atoms with Crippen LogP contribution in [-0.4, -0.2) is 32.5 Å². The van der Waals surface area contributed by atoms with E-state index in [0.717, 1.165) is 31.0 Å². The van der Waals surface area contributed by atoms with Gasteiger partial charge >= 0.3 is 0 Å². The molecule has 0 spiro atoms. The summed E-state index contributed by atoms with van der Waals surface area (Å²) in [6.07, 6.45) is 0. The molecule has 2 heterocycles. The molecule has 6 nitrogen and oxygen atoms in total. The molecule has 0 aliphatic rings. The van der Waals surface area contributed by atoms with Gasteiger partial charge in [0, 0.05) is 6.54 Å². The summed E-state index contributed by atoms with van der Waals surface area (Å²) in [5.74, 6) is -0.190. The van der Waals surface area contributed by atoms with Crippen molar-refractivity contribution in [3.05, 3.63) is 93.2 Å². The summed E-state index contributed by atoms with van der Waals surface area (Å²) < 4.78 is 15.2. The Hall–Kier alpha value is -3.29. The zero-order chi connectivity index (χ0) is 23.4. The van der Waals surface area contributed by atoms with E-state index in [1.165, 1.54) is 22.8 Å². The van der Waals surface area contributed by atoms with Gasteiger partial charge < -0.3 is 5.32 Å². The molecule has 1 N–H and O–H groups in total. The highest BCUT2D eigenvalue weighted by Crippen LogP contribution is 2.23. The molecule has 0 fully saturated rings. The molecule has 0 saturated heterocycles. The molecule has 170 valence electrons.